The van der Waals surface area contributed by atoms with Crippen LogP contribution in [0.2, 0.25) is 0 Å². The molecule has 0 aromatic heterocycles. The molecule has 0 spiro atoms. The minimum atomic E-state index is -0.00742. The van der Waals surface area contributed by atoms with Crippen molar-refractivity contribution in [1.29, 1.82) is 5.41 Å². The smallest absolute Gasteiger partial charge is 0.233 e. The molecule has 0 atom stereocenters. The Hall–Kier alpha value is -2.14. The van der Waals surface area contributed by atoms with Gasteiger partial charge in [-0.1, -0.05) is 35.9 Å². The second-order valence-corrected chi connectivity index (χ2v) is 4.30. The predicted octanol–water partition coefficient (Wildman–Crippen LogP) is 2.34. The first-order chi connectivity index (χ1) is 9.09. The zero-order chi connectivity index (χ0) is 14.1. The Morgan fingerprint density at radius 3 is 2.79 bits per heavy atom. The molecule has 5 heteroatoms. The summed E-state index contributed by atoms with van der Waals surface area (Å²) in [6.45, 7) is 6.39. The first kappa shape index (κ1) is 14.9. The van der Waals surface area contributed by atoms with Gasteiger partial charge in [0.25, 0.3) is 0 Å². The molecular formula is C14H20N4O. The van der Waals surface area contributed by atoms with Crippen LogP contribution in [0, 0.1) is 12.3 Å². The van der Waals surface area contributed by atoms with Crippen molar-refractivity contribution < 1.29 is 4.84 Å². The molecule has 102 valence electrons. The van der Waals surface area contributed by atoms with Crippen LogP contribution in [0.4, 0.5) is 0 Å². The Bertz CT molecular complexity index is 476. The minimum Gasteiger partial charge on any atom is -0.269 e. The van der Waals surface area contributed by atoms with Crippen LogP contribution in [0.15, 0.2) is 41.0 Å². The first-order valence-corrected chi connectivity index (χ1v) is 6.04. The molecule has 0 fully saturated rings. The van der Waals surface area contributed by atoms with Gasteiger partial charge in [-0.25, -0.2) is 10.9 Å². The molecule has 0 bridgehead atoms. The summed E-state index contributed by atoms with van der Waals surface area (Å²) < 4.78 is 0. The van der Waals surface area contributed by atoms with Crippen LogP contribution in [0.1, 0.15) is 25.0 Å². The number of nitrogens with one attached hydrogen (secondary N) is 3. The van der Waals surface area contributed by atoms with Crippen LogP contribution in [0.3, 0.4) is 0 Å². The van der Waals surface area contributed by atoms with Gasteiger partial charge in [0.2, 0.25) is 5.96 Å². The molecule has 0 saturated heterocycles. The number of hydrogen-bond acceptors (Lipinski definition) is 3. The zero-order valence-electron chi connectivity index (χ0n) is 11.5. The highest BCUT2D eigenvalue weighted by Crippen LogP contribution is 2.02. The van der Waals surface area contributed by atoms with Crippen LogP contribution < -0.4 is 10.9 Å². The third-order valence-corrected chi connectivity index (χ3v) is 2.32. The molecule has 0 aliphatic heterocycles. The highest BCUT2D eigenvalue weighted by atomic mass is 16.6. The fourth-order valence-corrected chi connectivity index (χ4v) is 1.24. The van der Waals surface area contributed by atoms with Crippen LogP contribution >= 0.6 is 0 Å². The second-order valence-electron chi connectivity index (χ2n) is 4.30. The van der Waals surface area contributed by atoms with E-state index in [9.17, 15) is 0 Å². The molecule has 19 heavy (non-hydrogen) atoms. The van der Waals surface area contributed by atoms with Crippen molar-refractivity contribution in [3.63, 3.8) is 0 Å². The maximum Gasteiger partial charge on any atom is 0.233 e. The van der Waals surface area contributed by atoms with Crippen molar-refractivity contribution in [2.75, 3.05) is 6.61 Å². The largest absolute Gasteiger partial charge is 0.269 e. The summed E-state index contributed by atoms with van der Waals surface area (Å²) in [5.41, 5.74) is 8.30. The van der Waals surface area contributed by atoms with Gasteiger partial charge in [0.15, 0.2) is 0 Å². The number of nitrogens with zero attached hydrogens (tertiary/aromatic N) is 1. The summed E-state index contributed by atoms with van der Waals surface area (Å²) in [4.78, 5) is 5.05. The summed E-state index contributed by atoms with van der Waals surface area (Å²) in [7, 11) is 0. The summed E-state index contributed by atoms with van der Waals surface area (Å²) in [5, 5.41) is 11.5. The Morgan fingerprint density at radius 2 is 2.11 bits per heavy atom. The van der Waals surface area contributed by atoms with Crippen LogP contribution in [0.25, 0.3) is 0 Å². The van der Waals surface area contributed by atoms with E-state index in [-0.39, 0.29) is 5.96 Å². The van der Waals surface area contributed by atoms with Crippen molar-refractivity contribution >= 4 is 12.2 Å². The van der Waals surface area contributed by atoms with Crippen molar-refractivity contribution in [1.82, 2.24) is 10.9 Å². The third kappa shape index (κ3) is 6.38. The molecule has 0 radical (unpaired) electrons. The number of hydroxylamine groups is 1. The monoisotopic (exact) mass is 260 g/mol. The normalized spacial score (nSPS) is 10.3. The Kier molecular flexibility index (Phi) is 6.32. The van der Waals surface area contributed by atoms with Gasteiger partial charge in [-0.2, -0.15) is 5.10 Å². The summed E-state index contributed by atoms with van der Waals surface area (Å²) in [6, 6.07) is 7.89. The predicted molar refractivity (Wildman–Crippen MR) is 78.2 cm³/mol. The molecule has 3 N–H and O–H groups in total. The van der Waals surface area contributed by atoms with E-state index in [1.54, 1.807) is 6.21 Å². The molecule has 0 heterocycles. The molecule has 0 unspecified atom stereocenters. The number of benzene rings is 1. The number of rotatable bonds is 5. The minimum absolute atomic E-state index is 0.00742. The molecule has 1 aromatic rings. The lowest BCUT2D eigenvalue weighted by molar-refractivity contribution is 0.107. The van der Waals surface area contributed by atoms with Crippen molar-refractivity contribution in [3.05, 3.63) is 47.0 Å². The zero-order valence-corrected chi connectivity index (χ0v) is 11.5. The van der Waals surface area contributed by atoms with E-state index < -0.39 is 0 Å². The van der Waals surface area contributed by atoms with Gasteiger partial charge in [-0.05, 0) is 31.9 Å². The maximum absolute atomic E-state index is 7.51. The van der Waals surface area contributed by atoms with E-state index in [4.69, 9.17) is 10.2 Å². The topological polar surface area (TPSA) is 69.5 Å². The van der Waals surface area contributed by atoms with Gasteiger partial charge in [0.1, 0.15) is 0 Å². The van der Waals surface area contributed by atoms with Gasteiger partial charge in [0.05, 0.1) is 12.8 Å². The average Bonchev–Trinajstić information content (AvgIpc) is 2.37. The number of hydrazone groups is 1. The fourth-order valence-electron chi connectivity index (χ4n) is 1.24. The van der Waals surface area contributed by atoms with Gasteiger partial charge >= 0.3 is 0 Å². The van der Waals surface area contributed by atoms with E-state index in [2.05, 4.69) is 16.0 Å². The van der Waals surface area contributed by atoms with Gasteiger partial charge in [-0.15, -0.1) is 0 Å². The van der Waals surface area contributed by atoms with Crippen molar-refractivity contribution in [2.45, 2.75) is 20.8 Å². The standard InChI is InChI=1S/C14H20N4O/c1-11(2)8-9-19-18-14(15)17-16-10-13-7-5-4-6-12(13)3/h4-8,10H,9H2,1-3H3,(H3,15,17,18)/b16-10+. The molecule has 5 nitrogen and oxygen atoms in total. The summed E-state index contributed by atoms with van der Waals surface area (Å²) in [5.74, 6) is -0.00742. The number of guanidine groups is 1. The number of aryl methyl sites for hydroxylation is 1. The van der Waals surface area contributed by atoms with Gasteiger partial charge < -0.3 is 0 Å². The average molecular weight is 260 g/mol. The number of hydrogen-bond donors (Lipinski definition) is 3. The van der Waals surface area contributed by atoms with Gasteiger partial charge in [0, 0.05) is 0 Å². The van der Waals surface area contributed by atoms with Crippen LogP contribution in [-0.4, -0.2) is 18.8 Å². The molecule has 0 amide bonds. The maximum atomic E-state index is 7.51. The molecule has 0 saturated carbocycles. The quantitative estimate of drug-likeness (QED) is 0.250. The lowest BCUT2D eigenvalue weighted by atomic mass is 10.1. The first-order valence-electron chi connectivity index (χ1n) is 6.04. The Labute approximate surface area is 113 Å². The molecule has 1 aromatic carbocycles. The SMILES string of the molecule is CC(C)=CCONC(=N)N/N=C/c1ccccc1C. The van der Waals surface area contributed by atoms with E-state index in [1.165, 1.54) is 5.57 Å². The van der Waals surface area contributed by atoms with E-state index >= 15 is 0 Å². The Morgan fingerprint density at radius 1 is 1.37 bits per heavy atom. The highest BCUT2D eigenvalue weighted by molar-refractivity contribution is 5.83. The Balaban J connectivity index is 2.30. The van der Waals surface area contributed by atoms with Crippen molar-refractivity contribution in [3.8, 4) is 0 Å². The van der Waals surface area contributed by atoms with Crippen LogP contribution in [-0.2, 0) is 4.84 Å². The summed E-state index contributed by atoms with van der Waals surface area (Å²) in [6.07, 6.45) is 3.58. The lowest BCUT2D eigenvalue weighted by Gasteiger charge is -2.05. The third-order valence-electron chi connectivity index (χ3n) is 2.32. The number of allylic oxidation sites excluding steroid dienone is 1. The van der Waals surface area contributed by atoms with Gasteiger partial charge in [-0.3, -0.25) is 10.2 Å². The molecule has 0 aliphatic rings. The molecule has 1 rings (SSSR count). The summed E-state index contributed by atoms with van der Waals surface area (Å²) >= 11 is 0. The highest BCUT2D eigenvalue weighted by Gasteiger charge is 1.93. The van der Waals surface area contributed by atoms with E-state index in [1.807, 2.05) is 51.1 Å². The molecular weight excluding hydrogens is 240 g/mol. The van der Waals surface area contributed by atoms with Crippen LogP contribution in [0.5, 0.6) is 0 Å². The van der Waals surface area contributed by atoms with E-state index in [0.29, 0.717) is 6.61 Å². The lowest BCUT2D eigenvalue weighted by Crippen LogP contribution is -2.33. The van der Waals surface area contributed by atoms with E-state index in [0.717, 1.165) is 11.1 Å². The second kappa shape index (κ2) is 8.05. The molecule has 0 aliphatic carbocycles. The fraction of sp³-hybridized carbons (Fsp3) is 0.286. The van der Waals surface area contributed by atoms with Crippen molar-refractivity contribution in [2.24, 2.45) is 5.10 Å².